The molecule has 0 radical (unpaired) electrons. The first-order valence-corrected chi connectivity index (χ1v) is 5.61. The van der Waals surface area contributed by atoms with Crippen LogP contribution in [0.1, 0.15) is 19.8 Å². The second-order valence-corrected chi connectivity index (χ2v) is 3.73. The van der Waals surface area contributed by atoms with Crippen molar-refractivity contribution in [1.82, 2.24) is 9.80 Å². The molecule has 1 saturated heterocycles. The van der Waals surface area contributed by atoms with E-state index in [-0.39, 0.29) is 0 Å². The maximum atomic E-state index is 10.4. The Morgan fingerprint density at radius 2 is 1.67 bits per heavy atom. The zero-order valence-electron chi connectivity index (χ0n) is 10.2. The standard InChI is InChI=1S/C8H16N2O.C3H8O/c1-9-4-2-6-10(8-11)7-3-5-9;1-3-4-2/h8H,2-7H2,1H3;3H2,1-2H3. The van der Waals surface area contributed by atoms with Gasteiger partial charge in [0.05, 0.1) is 0 Å². The topological polar surface area (TPSA) is 32.8 Å². The molecule has 0 aromatic carbocycles. The Hall–Kier alpha value is -0.610. The van der Waals surface area contributed by atoms with Crippen molar-refractivity contribution in [3.05, 3.63) is 0 Å². The second-order valence-electron chi connectivity index (χ2n) is 3.73. The third kappa shape index (κ3) is 8.39. The number of amides is 1. The Bertz CT molecular complexity index is 142. The third-order valence-electron chi connectivity index (χ3n) is 2.41. The van der Waals surface area contributed by atoms with Crippen LogP contribution in [0.2, 0.25) is 0 Å². The van der Waals surface area contributed by atoms with Crippen molar-refractivity contribution in [3.63, 3.8) is 0 Å². The van der Waals surface area contributed by atoms with E-state index in [0.29, 0.717) is 0 Å². The van der Waals surface area contributed by atoms with Crippen LogP contribution in [-0.2, 0) is 9.53 Å². The highest BCUT2D eigenvalue weighted by Crippen LogP contribution is 1.99. The lowest BCUT2D eigenvalue weighted by Gasteiger charge is -2.25. The quantitative estimate of drug-likeness (QED) is 0.641. The number of carbonyl (C=O) groups is 1. The molecule has 1 aliphatic rings. The van der Waals surface area contributed by atoms with Crippen LogP contribution in [0.25, 0.3) is 0 Å². The molecule has 0 atom stereocenters. The largest absolute Gasteiger partial charge is 0.385 e. The molecule has 1 rings (SSSR count). The van der Waals surface area contributed by atoms with Crippen molar-refractivity contribution in [1.29, 1.82) is 0 Å². The Labute approximate surface area is 93.2 Å². The van der Waals surface area contributed by atoms with Gasteiger partial charge in [-0.3, -0.25) is 4.79 Å². The lowest BCUT2D eigenvalue weighted by atomic mass is 10.2. The molecule has 1 fully saturated rings. The third-order valence-corrected chi connectivity index (χ3v) is 2.41. The van der Waals surface area contributed by atoms with Crippen molar-refractivity contribution in [2.45, 2.75) is 19.8 Å². The van der Waals surface area contributed by atoms with Crippen molar-refractivity contribution in [2.24, 2.45) is 0 Å². The van der Waals surface area contributed by atoms with Crippen LogP contribution in [0.4, 0.5) is 0 Å². The van der Waals surface area contributed by atoms with Crippen LogP contribution >= 0.6 is 0 Å². The summed E-state index contributed by atoms with van der Waals surface area (Å²) in [5.41, 5.74) is 0. The average Bonchev–Trinajstić information content (AvgIpc) is 2.23. The first-order valence-electron chi connectivity index (χ1n) is 5.61. The van der Waals surface area contributed by atoms with Gasteiger partial charge >= 0.3 is 0 Å². The Kier molecular flexibility index (Phi) is 9.52. The summed E-state index contributed by atoms with van der Waals surface area (Å²) in [5.74, 6) is 0. The van der Waals surface area contributed by atoms with Gasteiger partial charge in [0, 0.05) is 26.8 Å². The Morgan fingerprint density at radius 3 is 2.00 bits per heavy atom. The summed E-state index contributed by atoms with van der Waals surface area (Å²) < 4.78 is 4.54. The van der Waals surface area contributed by atoms with Crippen LogP contribution in [-0.4, -0.2) is 63.2 Å². The molecule has 0 bridgehead atoms. The molecule has 0 aliphatic carbocycles. The molecule has 0 unspecified atom stereocenters. The minimum atomic E-state index is 0.819. The van der Waals surface area contributed by atoms with Crippen molar-refractivity contribution in [2.75, 3.05) is 46.9 Å². The average molecular weight is 216 g/mol. The summed E-state index contributed by atoms with van der Waals surface area (Å²) in [4.78, 5) is 14.6. The van der Waals surface area contributed by atoms with E-state index in [1.54, 1.807) is 7.11 Å². The molecular weight excluding hydrogens is 192 g/mol. The van der Waals surface area contributed by atoms with Gasteiger partial charge in [0.2, 0.25) is 6.41 Å². The van der Waals surface area contributed by atoms with Crippen molar-refractivity contribution >= 4 is 6.41 Å². The van der Waals surface area contributed by atoms with Gasteiger partial charge in [-0.1, -0.05) is 0 Å². The fourth-order valence-electron chi connectivity index (χ4n) is 1.42. The van der Waals surface area contributed by atoms with Gasteiger partial charge in [0.15, 0.2) is 0 Å². The SMILES string of the molecule is CCOC.CN1CCCN(C=O)CCC1. The van der Waals surface area contributed by atoms with Gasteiger partial charge in [-0.2, -0.15) is 0 Å². The van der Waals surface area contributed by atoms with Crippen LogP contribution in [0.3, 0.4) is 0 Å². The number of methoxy groups -OCH3 is 1. The molecule has 0 N–H and O–H groups in total. The van der Waals surface area contributed by atoms with Gasteiger partial charge in [-0.05, 0) is 39.9 Å². The lowest BCUT2D eigenvalue weighted by Crippen LogP contribution is -2.34. The fourth-order valence-corrected chi connectivity index (χ4v) is 1.42. The molecule has 15 heavy (non-hydrogen) atoms. The Morgan fingerprint density at radius 1 is 1.20 bits per heavy atom. The second kappa shape index (κ2) is 9.93. The summed E-state index contributed by atoms with van der Waals surface area (Å²) in [6.07, 6.45) is 3.18. The summed E-state index contributed by atoms with van der Waals surface area (Å²) >= 11 is 0. The van der Waals surface area contributed by atoms with Crippen LogP contribution in [0.15, 0.2) is 0 Å². The normalized spacial score (nSPS) is 18.5. The van der Waals surface area contributed by atoms with Gasteiger partial charge in [0.25, 0.3) is 0 Å². The van der Waals surface area contributed by atoms with Crippen molar-refractivity contribution < 1.29 is 9.53 Å². The number of hydrogen-bond acceptors (Lipinski definition) is 3. The van der Waals surface area contributed by atoms with Gasteiger partial charge in [-0.15, -0.1) is 0 Å². The molecule has 4 heteroatoms. The zero-order chi connectivity index (χ0) is 11.5. The summed E-state index contributed by atoms with van der Waals surface area (Å²) in [7, 11) is 3.82. The first kappa shape index (κ1) is 14.4. The Balaban J connectivity index is 0.000000423. The van der Waals surface area contributed by atoms with Gasteiger partial charge in [0.1, 0.15) is 0 Å². The molecule has 1 aliphatic heterocycles. The minimum Gasteiger partial charge on any atom is -0.385 e. The number of carbonyl (C=O) groups excluding carboxylic acids is 1. The van der Waals surface area contributed by atoms with E-state index in [1.807, 2.05) is 11.8 Å². The number of rotatable bonds is 2. The highest BCUT2D eigenvalue weighted by Gasteiger charge is 2.07. The van der Waals surface area contributed by atoms with E-state index in [2.05, 4.69) is 16.7 Å². The van der Waals surface area contributed by atoms with Crippen molar-refractivity contribution in [3.8, 4) is 0 Å². The van der Waals surface area contributed by atoms with E-state index < -0.39 is 0 Å². The minimum absolute atomic E-state index is 0.819. The molecule has 0 saturated carbocycles. The monoisotopic (exact) mass is 216 g/mol. The maximum absolute atomic E-state index is 10.4. The predicted molar refractivity (Wildman–Crippen MR) is 61.9 cm³/mol. The molecule has 1 heterocycles. The molecule has 1 amide bonds. The molecule has 0 spiro atoms. The van der Waals surface area contributed by atoms with Gasteiger partial charge < -0.3 is 14.5 Å². The predicted octanol–water partition coefficient (Wildman–Crippen LogP) is 0.823. The number of ether oxygens (including phenoxy) is 1. The smallest absolute Gasteiger partial charge is 0.209 e. The highest BCUT2D eigenvalue weighted by molar-refractivity contribution is 5.46. The van der Waals surface area contributed by atoms with E-state index in [1.165, 1.54) is 0 Å². The summed E-state index contributed by atoms with van der Waals surface area (Å²) in [5, 5.41) is 0. The van der Waals surface area contributed by atoms with E-state index in [9.17, 15) is 4.79 Å². The lowest BCUT2D eigenvalue weighted by molar-refractivity contribution is -0.118. The zero-order valence-corrected chi connectivity index (χ0v) is 10.2. The maximum Gasteiger partial charge on any atom is 0.209 e. The van der Waals surface area contributed by atoms with Crippen LogP contribution in [0.5, 0.6) is 0 Å². The van der Waals surface area contributed by atoms with E-state index in [0.717, 1.165) is 52.0 Å². The van der Waals surface area contributed by atoms with Crippen LogP contribution < -0.4 is 0 Å². The number of hydrogen-bond donors (Lipinski definition) is 0. The molecular formula is C11H24N2O2. The first-order chi connectivity index (χ1) is 7.24. The van der Waals surface area contributed by atoms with Gasteiger partial charge in [-0.25, -0.2) is 0 Å². The number of nitrogens with zero attached hydrogens (tertiary/aromatic N) is 2. The molecule has 0 aromatic heterocycles. The molecule has 90 valence electrons. The highest BCUT2D eigenvalue weighted by atomic mass is 16.5. The summed E-state index contributed by atoms with van der Waals surface area (Å²) in [6, 6.07) is 0. The van der Waals surface area contributed by atoms with E-state index >= 15 is 0 Å². The summed E-state index contributed by atoms with van der Waals surface area (Å²) in [6.45, 7) is 6.86. The van der Waals surface area contributed by atoms with E-state index in [4.69, 9.17) is 0 Å². The van der Waals surface area contributed by atoms with Crippen LogP contribution in [0, 0.1) is 0 Å². The molecule has 0 aromatic rings. The molecule has 4 nitrogen and oxygen atoms in total. The fraction of sp³-hybridized carbons (Fsp3) is 0.909.